The zero-order chi connectivity index (χ0) is 21.3. The summed E-state index contributed by atoms with van der Waals surface area (Å²) in [5.41, 5.74) is 6.58. The number of allylic oxidation sites excluding steroid dienone is 2. The minimum atomic E-state index is -0.191. The lowest BCUT2D eigenvalue weighted by Gasteiger charge is -2.36. The van der Waals surface area contributed by atoms with Gasteiger partial charge in [0.2, 0.25) is 0 Å². The van der Waals surface area contributed by atoms with Crippen LogP contribution in [-0.4, -0.2) is 37.6 Å². The fourth-order valence-electron chi connectivity index (χ4n) is 4.85. The topological polar surface area (TPSA) is 29.5 Å². The van der Waals surface area contributed by atoms with Gasteiger partial charge >= 0.3 is 5.97 Å². The van der Waals surface area contributed by atoms with E-state index in [1.54, 1.807) is 5.57 Å². The molecule has 160 valence electrons. The number of carbonyl (C=O) groups is 1. The summed E-state index contributed by atoms with van der Waals surface area (Å²) in [5, 5.41) is 0. The van der Waals surface area contributed by atoms with E-state index in [0.29, 0.717) is 12.3 Å². The van der Waals surface area contributed by atoms with Crippen LogP contribution in [0.25, 0.3) is 5.57 Å². The molecule has 30 heavy (non-hydrogen) atoms. The molecule has 2 aliphatic rings. The Morgan fingerprint density at radius 3 is 2.73 bits per heavy atom. The van der Waals surface area contributed by atoms with Gasteiger partial charge in [0, 0.05) is 19.6 Å². The van der Waals surface area contributed by atoms with Gasteiger partial charge < -0.3 is 4.74 Å². The van der Waals surface area contributed by atoms with Crippen LogP contribution in [0.15, 0.2) is 66.8 Å². The molecule has 0 bridgehead atoms. The van der Waals surface area contributed by atoms with Crippen molar-refractivity contribution < 1.29 is 9.53 Å². The molecule has 3 rings (SSSR count). The van der Waals surface area contributed by atoms with Gasteiger partial charge in [0.15, 0.2) is 0 Å². The third-order valence-electron chi connectivity index (χ3n) is 6.42. The standard InChI is InChI=1S/C27H35NO2/c1-4-10-21(5-2)19-28-16-15-25(23-12-7-6-8-13-23)26(20-28)24-14-9-11-22(17-24)18-27(29)30-3/h4-5,9-11,14,17,23H,1-2,6-8,12-13,15-16,18-20H2,3H3/b21-10+. The van der Waals surface area contributed by atoms with Gasteiger partial charge in [-0.3, -0.25) is 9.69 Å². The molecule has 0 amide bonds. The zero-order valence-electron chi connectivity index (χ0n) is 18.4. The lowest BCUT2D eigenvalue weighted by molar-refractivity contribution is -0.139. The maximum atomic E-state index is 11.8. The first-order chi connectivity index (χ1) is 14.6. The Balaban J connectivity index is 1.91. The number of ether oxygens (including phenoxy) is 1. The second-order valence-electron chi connectivity index (χ2n) is 8.43. The Kier molecular flexibility index (Phi) is 8.27. The Morgan fingerprint density at radius 1 is 1.23 bits per heavy atom. The fraction of sp³-hybridized carbons (Fsp3) is 0.444. The van der Waals surface area contributed by atoms with E-state index >= 15 is 0 Å². The molecule has 0 saturated heterocycles. The predicted molar refractivity (Wildman–Crippen MR) is 125 cm³/mol. The average molecular weight is 406 g/mol. The van der Waals surface area contributed by atoms with Crippen LogP contribution in [0.5, 0.6) is 0 Å². The molecule has 1 aromatic carbocycles. The van der Waals surface area contributed by atoms with Crippen molar-refractivity contribution in [3.63, 3.8) is 0 Å². The summed E-state index contributed by atoms with van der Waals surface area (Å²) in [6.07, 6.45) is 13.9. The summed E-state index contributed by atoms with van der Waals surface area (Å²) < 4.78 is 4.87. The number of hydrogen-bond donors (Lipinski definition) is 0. The minimum Gasteiger partial charge on any atom is -0.469 e. The predicted octanol–water partition coefficient (Wildman–Crippen LogP) is 5.74. The lowest BCUT2D eigenvalue weighted by atomic mass is 9.77. The molecule has 1 aliphatic carbocycles. The molecular formula is C27H35NO2. The minimum absolute atomic E-state index is 0.191. The van der Waals surface area contributed by atoms with Crippen molar-refractivity contribution in [1.29, 1.82) is 0 Å². The van der Waals surface area contributed by atoms with Crippen molar-refractivity contribution in [2.75, 3.05) is 26.7 Å². The SMILES string of the molecule is C=C/C=C(\C=C)CN1CCC(C2CCCCC2)=C(c2cccc(CC(=O)OC)c2)C1. The van der Waals surface area contributed by atoms with Crippen molar-refractivity contribution in [2.45, 2.75) is 44.9 Å². The van der Waals surface area contributed by atoms with Crippen molar-refractivity contribution >= 4 is 11.5 Å². The monoisotopic (exact) mass is 405 g/mol. The first-order valence-electron chi connectivity index (χ1n) is 11.2. The highest BCUT2D eigenvalue weighted by Gasteiger charge is 2.27. The summed E-state index contributed by atoms with van der Waals surface area (Å²) in [5.74, 6) is 0.520. The Morgan fingerprint density at radius 2 is 2.03 bits per heavy atom. The first kappa shape index (κ1) is 22.3. The molecule has 0 N–H and O–H groups in total. The maximum Gasteiger partial charge on any atom is 0.309 e. The van der Waals surface area contributed by atoms with Crippen LogP contribution in [0.3, 0.4) is 0 Å². The van der Waals surface area contributed by atoms with Crippen molar-refractivity contribution in [1.82, 2.24) is 4.90 Å². The van der Waals surface area contributed by atoms with Gasteiger partial charge in [0.25, 0.3) is 0 Å². The third kappa shape index (κ3) is 5.82. The van der Waals surface area contributed by atoms with Gasteiger partial charge in [-0.15, -0.1) is 0 Å². The third-order valence-corrected chi connectivity index (χ3v) is 6.42. The molecule has 1 aliphatic heterocycles. The molecule has 3 nitrogen and oxygen atoms in total. The van der Waals surface area contributed by atoms with Crippen molar-refractivity contribution in [3.05, 3.63) is 77.9 Å². The lowest BCUT2D eigenvalue weighted by Crippen LogP contribution is -2.34. The molecule has 0 unspecified atom stereocenters. The maximum absolute atomic E-state index is 11.8. The van der Waals surface area contributed by atoms with E-state index in [1.165, 1.54) is 55.9 Å². The molecular weight excluding hydrogens is 370 g/mol. The normalized spacial score (nSPS) is 18.9. The highest BCUT2D eigenvalue weighted by Crippen LogP contribution is 2.38. The average Bonchev–Trinajstić information content (AvgIpc) is 2.79. The van der Waals surface area contributed by atoms with Gasteiger partial charge in [-0.2, -0.15) is 0 Å². The molecule has 0 atom stereocenters. The van der Waals surface area contributed by atoms with E-state index in [0.717, 1.165) is 31.6 Å². The Hall–Kier alpha value is -2.39. The van der Waals surface area contributed by atoms with Crippen LogP contribution in [-0.2, 0) is 16.0 Å². The highest BCUT2D eigenvalue weighted by molar-refractivity contribution is 5.75. The molecule has 1 saturated carbocycles. The molecule has 0 spiro atoms. The smallest absolute Gasteiger partial charge is 0.309 e. The quantitative estimate of drug-likeness (QED) is 0.408. The number of esters is 1. The van der Waals surface area contributed by atoms with E-state index in [9.17, 15) is 4.79 Å². The van der Waals surface area contributed by atoms with Crippen LogP contribution in [0.1, 0.15) is 49.7 Å². The van der Waals surface area contributed by atoms with E-state index < -0.39 is 0 Å². The molecule has 1 heterocycles. The van der Waals surface area contributed by atoms with Gasteiger partial charge in [-0.05, 0) is 47.5 Å². The van der Waals surface area contributed by atoms with Crippen molar-refractivity contribution in [3.8, 4) is 0 Å². The van der Waals surface area contributed by atoms with Crippen LogP contribution in [0, 0.1) is 5.92 Å². The van der Waals surface area contributed by atoms with Crippen LogP contribution >= 0.6 is 0 Å². The van der Waals surface area contributed by atoms with Gasteiger partial charge in [-0.25, -0.2) is 0 Å². The Labute approximate surface area is 181 Å². The number of hydrogen-bond acceptors (Lipinski definition) is 3. The second-order valence-corrected chi connectivity index (χ2v) is 8.43. The molecule has 3 heteroatoms. The molecule has 0 radical (unpaired) electrons. The summed E-state index contributed by atoms with van der Waals surface area (Å²) in [6.45, 7) is 10.7. The van der Waals surface area contributed by atoms with Crippen molar-refractivity contribution in [2.24, 2.45) is 5.92 Å². The number of benzene rings is 1. The summed E-state index contributed by atoms with van der Waals surface area (Å²) in [7, 11) is 1.45. The molecule has 1 fully saturated rings. The first-order valence-corrected chi connectivity index (χ1v) is 11.2. The molecule has 0 aromatic heterocycles. The Bertz CT molecular complexity index is 827. The number of methoxy groups -OCH3 is 1. The number of rotatable bonds is 8. The number of nitrogens with zero attached hydrogens (tertiary/aromatic N) is 1. The van der Waals surface area contributed by atoms with E-state index in [-0.39, 0.29) is 5.97 Å². The summed E-state index contributed by atoms with van der Waals surface area (Å²) in [6, 6.07) is 8.48. The second kappa shape index (κ2) is 11.1. The van der Waals surface area contributed by atoms with E-state index in [2.05, 4.69) is 36.3 Å². The van der Waals surface area contributed by atoms with E-state index in [1.807, 2.05) is 24.3 Å². The van der Waals surface area contributed by atoms with Gasteiger partial charge in [0.1, 0.15) is 0 Å². The highest BCUT2D eigenvalue weighted by atomic mass is 16.5. The van der Waals surface area contributed by atoms with Crippen LogP contribution in [0.2, 0.25) is 0 Å². The van der Waals surface area contributed by atoms with Crippen LogP contribution < -0.4 is 0 Å². The zero-order valence-corrected chi connectivity index (χ0v) is 18.4. The van der Waals surface area contributed by atoms with Gasteiger partial charge in [0.05, 0.1) is 13.5 Å². The van der Waals surface area contributed by atoms with E-state index in [4.69, 9.17) is 4.74 Å². The van der Waals surface area contributed by atoms with Crippen LogP contribution in [0.4, 0.5) is 0 Å². The molecule has 1 aromatic rings. The summed E-state index contributed by atoms with van der Waals surface area (Å²) in [4.78, 5) is 14.3. The van der Waals surface area contributed by atoms with Gasteiger partial charge in [-0.1, -0.05) is 80.5 Å². The number of carbonyl (C=O) groups excluding carboxylic acids is 1. The largest absolute Gasteiger partial charge is 0.469 e. The summed E-state index contributed by atoms with van der Waals surface area (Å²) >= 11 is 0. The fourth-order valence-corrected chi connectivity index (χ4v) is 4.85.